The van der Waals surface area contributed by atoms with Crippen molar-refractivity contribution in [3.8, 4) is 0 Å². The lowest BCUT2D eigenvalue weighted by molar-refractivity contribution is -0.131. The molecule has 108 valence electrons. The highest BCUT2D eigenvalue weighted by molar-refractivity contribution is 9.10. The number of rotatable bonds is 4. The van der Waals surface area contributed by atoms with E-state index in [2.05, 4.69) is 15.9 Å². The summed E-state index contributed by atoms with van der Waals surface area (Å²) in [5.41, 5.74) is 12.2. The van der Waals surface area contributed by atoms with Crippen LogP contribution in [0, 0.1) is 5.92 Å². The summed E-state index contributed by atoms with van der Waals surface area (Å²) >= 11 is 3.39. The van der Waals surface area contributed by atoms with Crippen LogP contribution in [0.5, 0.6) is 0 Å². The van der Waals surface area contributed by atoms with Gasteiger partial charge in [0, 0.05) is 17.6 Å². The molecular formula is C14H18BrN3O2. The molecule has 1 saturated heterocycles. The first kappa shape index (κ1) is 15.0. The SMILES string of the molecule is NC(=O)C1CCN(C(=O)C(N)Cc2cccc(Br)c2)C1. The van der Waals surface area contributed by atoms with Gasteiger partial charge in [0.15, 0.2) is 0 Å². The molecule has 1 fully saturated rings. The molecule has 6 heteroatoms. The van der Waals surface area contributed by atoms with Gasteiger partial charge in [0.1, 0.15) is 0 Å². The Bertz CT molecular complexity index is 521. The number of nitrogens with two attached hydrogens (primary N) is 2. The predicted molar refractivity (Wildman–Crippen MR) is 79.7 cm³/mol. The number of carbonyl (C=O) groups excluding carboxylic acids is 2. The normalized spacial score (nSPS) is 19.9. The van der Waals surface area contributed by atoms with Crippen LogP contribution in [0.4, 0.5) is 0 Å². The molecule has 2 atom stereocenters. The minimum absolute atomic E-state index is 0.117. The van der Waals surface area contributed by atoms with E-state index in [4.69, 9.17) is 11.5 Å². The lowest BCUT2D eigenvalue weighted by Crippen LogP contribution is -2.44. The smallest absolute Gasteiger partial charge is 0.239 e. The minimum Gasteiger partial charge on any atom is -0.369 e. The molecule has 2 unspecified atom stereocenters. The lowest BCUT2D eigenvalue weighted by atomic mass is 10.1. The van der Waals surface area contributed by atoms with Crippen molar-refractivity contribution in [2.24, 2.45) is 17.4 Å². The first-order valence-electron chi connectivity index (χ1n) is 6.55. The molecule has 20 heavy (non-hydrogen) atoms. The number of benzene rings is 1. The molecule has 1 aliphatic heterocycles. The van der Waals surface area contributed by atoms with Crippen LogP contribution in [0.25, 0.3) is 0 Å². The number of likely N-dealkylation sites (tertiary alicyclic amines) is 1. The maximum atomic E-state index is 12.2. The molecule has 1 aliphatic rings. The summed E-state index contributed by atoms with van der Waals surface area (Å²) in [5.74, 6) is -0.702. The maximum absolute atomic E-state index is 12.2. The van der Waals surface area contributed by atoms with Crippen LogP contribution in [0.2, 0.25) is 0 Å². The fourth-order valence-electron chi connectivity index (χ4n) is 2.43. The van der Waals surface area contributed by atoms with Gasteiger partial charge in [0.05, 0.1) is 12.0 Å². The van der Waals surface area contributed by atoms with Crippen molar-refractivity contribution in [1.82, 2.24) is 4.90 Å². The van der Waals surface area contributed by atoms with E-state index in [1.165, 1.54) is 0 Å². The summed E-state index contributed by atoms with van der Waals surface area (Å²) in [7, 11) is 0. The molecule has 0 bridgehead atoms. The van der Waals surface area contributed by atoms with Crippen LogP contribution in [-0.4, -0.2) is 35.8 Å². The van der Waals surface area contributed by atoms with E-state index in [9.17, 15) is 9.59 Å². The van der Waals surface area contributed by atoms with Crippen molar-refractivity contribution in [2.45, 2.75) is 18.9 Å². The molecule has 4 N–H and O–H groups in total. The number of carbonyl (C=O) groups is 2. The van der Waals surface area contributed by atoms with E-state index in [0.717, 1.165) is 10.0 Å². The topological polar surface area (TPSA) is 89.4 Å². The van der Waals surface area contributed by atoms with Gasteiger partial charge in [-0.2, -0.15) is 0 Å². The summed E-state index contributed by atoms with van der Waals surface area (Å²) in [6.45, 7) is 0.943. The van der Waals surface area contributed by atoms with Crippen LogP contribution in [0.3, 0.4) is 0 Å². The van der Waals surface area contributed by atoms with Crippen LogP contribution >= 0.6 is 15.9 Å². The zero-order chi connectivity index (χ0) is 14.7. The second-order valence-electron chi connectivity index (χ2n) is 5.11. The first-order valence-corrected chi connectivity index (χ1v) is 7.35. The zero-order valence-corrected chi connectivity index (χ0v) is 12.7. The van der Waals surface area contributed by atoms with Gasteiger partial charge in [0.2, 0.25) is 11.8 Å². The van der Waals surface area contributed by atoms with Gasteiger partial charge in [-0.15, -0.1) is 0 Å². The summed E-state index contributed by atoms with van der Waals surface area (Å²) in [4.78, 5) is 25.0. The molecule has 1 aromatic carbocycles. The fourth-order valence-corrected chi connectivity index (χ4v) is 2.88. The van der Waals surface area contributed by atoms with Crippen LogP contribution in [0.15, 0.2) is 28.7 Å². The van der Waals surface area contributed by atoms with E-state index in [0.29, 0.717) is 25.9 Å². The van der Waals surface area contributed by atoms with Gasteiger partial charge >= 0.3 is 0 Å². The fraction of sp³-hybridized carbons (Fsp3) is 0.429. The van der Waals surface area contributed by atoms with Gasteiger partial charge in [0.25, 0.3) is 0 Å². The quantitative estimate of drug-likeness (QED) is 0.844. The minimum atomic E-state index is -0.587. The first-order chi connectivity index (χ1) is 9.47. The van der Waals surface area contributed by atoms with Gasteiger partial charge in [-0.1, -0.05) is 28.1 Å². The van der Waals surface area contributed by atoms with Crippen molar-refractivity contribution in [3.63, 3.8) is 0 Å². The highest BCUT2D eigenvalue weighted by Gasteiger charge is 2.31. The van der Waals surface area contributed by atoms with E-state index in [-0.39, 0.29) is 17.7 Å². The Morgan fingerprint density at radius 2 is 2.20 bits per heavy atom. The molecule has 0 saturated carbocycles. The summed E-state index contributed by atoms with van der Waals surface area (Å²) in [5, 5.41) is 0. The predicted octanol–water partition coefficient (Wildman–Crippen LogP) is 0.653. The Hall–Kier alpha value is -1.40. The lowest BCUT2D eigenvalue weighted by Gasteiger charge is -2.20. The molecule has 0 aliphatic carbocycles. The molecule has 5 nitrogen and oxygen atoms in total. The average Bonchev–Trinajstić information content (AvgIpc) is 2.87. The van der Waals surface area contributed by atoms with Crippen molar-refractivity contribution >= 4 is 27.7 Å². The van der Waals surface area contributed by atoms with Crippen molar-refractivity contribution in [2.75, 3.05) is 13.1 Å². The van der Waals surface area contributed by atoms with Crippen molar-refractivity contribution < 1.29 is 9.59 Å². The molecule has 0 spiro atoms. The molecule has 2 amide bonds. The third-order valence-corrected chi connectivity index (χ3v) is 4.06. The zero-order valence-electron chi connectivity index (χ0n) is 11.1. The number of amides is 2. The summed E-state index contributed by atoms with van der Waals surface area (Å²) in [6.07, 6.45) is 1.11. The number of nitrogens with zero attached hydrogens (tertiary/aromatic N) is 1. The molecule has 1 aromatic rings. The van der Waals surface area contributed by atoms with E-state index in [1.807, 2.05) is 24.3 Å². The van der Waals surface area contributed by atoms with Gasteiger partial charge in [-0.3, -0.25) is 9.59 Å². The van der Waals surface area contributed by atoms with Crippen molar-refractivity contribution in [3.05, 3.63) is 34.3 Å². The summed E-state index contributed by atoms with van der Waals surface area (Å²) in [6, 6.07) is 7.14. The Balaban J connectivity index is 1.94. The number of primary amides is 1. The number of halogens is 1. The standard InChI is InChI=1S/C14H18BrN3O2/c15-11-3-1-2-9(6-11)7-12(16)14(20)18-5-4-10(8-18)13(17)19/h1-3,6,10,12H,4-5,7-8,16H2,(H2,17,19). The Kier molecular flexibility index (Phi) is 4.77. The molecule has 2 rings (SSSR count). The van der Waals surface area contributed by atoms with Gasteiger partial charge in [-0.25, -0.2) is 0 Å². The highest BCUT2D eigenvalue weighted by atomic mass is 79.9. The molecule has 0 aromatic heterocycles. The van der Waals surface area contributed by atoms with Crippen molar-refractivity contribution in [1.29, 1.82) is 0 Å². The average molecular weight is 340 g/mol. The number of hydrogen-bond donors (Lipinski definition) is 2. The monoisotopic (exact) mass is 339 g/mol. The largest absolute Gasteiger partial charge is 0.369 e. The Morgan fingerprint density at radius 1 is 1.45 bits per heavy atom. The number of hydrogen-bond acceptors (Lipinski definition) is 3. The maximum Gasteiger partial charge on any atom is 0.239 e. The summed E-state index contributed by atoms with van der Waals surface area (Å²) < 4.78 is 0.963. The van der Waals surface area contributed by atoms with E-state index < -0.39 is 6.04 Å². The van der Waals surface area contributed by atoms with E-state index in [1.54, 1.807) is 4.90 Å². The molecule has 0 radical (unpaired) electrons. The van der Waals surface area contributed by atoms with Gasteiger partial charge in [-0.05, 0) is 30.5 Å². The Labute approximate surface area is 126 Å². The second kappa shape index (κ2) is 6.37. The van der Waals surface area contributed by atoms with Crippen LogP contribution in [-0.2, 0) is 16.0 Å². The highest BCUT2D eigenvalue weighted by Crippen LogP contribution is 2.18. The molecular weight excluding hydrogens is 322 g/mol. The molecule has 1 heterocycles. The third-order valence-electron chi connectivity index (χ3n) is 3.56. The second-order valence-corrected chi connectivity index (χ2v) is 6.03. The van der Waals surface area contributed by atoms with Crippen LogP contribution in [0.1, 0.15) is 12.0 Å². The van der Waals surface area contributed by atoms with Crippen LogP contribution < -0.4 is 11.5 Å². The van der Waals surface area contributed by atoms with Gasteiger partial charge < -0.3 is 16.4 Å². The third kappa shape index (κ3) is 3.58. The van der Waals surface area contributed by atoms with E-state index >= 15 is 0 Å². The Morgan fingerprint density at radius 3 is 2.80 bits per heavy atom.